The number of nitrogens with one attached hydrogen (secondary N) is 1. The van der Waals surface area contributed by atoms with E-state index in [2.05, 4.69) is 15.3 Å². The summed E-state index contributed by atoms with van der Waals surface area (Å²) in [5.74, 6) is -0.00736. The van der Waals surface area contributed by atoms with Crippen molar-refractivity contribution in [3.8, 4) is 0 Å². The lowest BCUT2D eigenvalue weighted by molar-refractivity contribution is -0.131. The fraction of sp³-hybridized carbons (Fsp3) is 0.688. The summed E-state index contributed by atoms with van der Waals surface area (Å²) in [6, 6.07) is 0.112. The van der Waals surface area contributed by atoms with Gasteiger partial charge < -0.3 is 10.2 Å². The Labute approximate surface area is 146 Å². The first kappa shape index (κ1) is 17.2. The molecule has 1 aromatic heterocycles. The van der Waals surface area contributed by atoms with Gasteiger partial charge in [0.25, 0.3) is 5.91 Å². The largest absolute Gasteiger partial charge is 0.348 e. The Morgan fingerprint density at radius 3 is 2.38 bits per heavy atom. The van der Waals surface area contributed by atoms with Crippen molar-refractivity contribution in [2.24, 2.45) is 7.05 Å². The predicted molar refractivity (Wildman–Crippen MR) is 91.1 cm³/mol. The molecule has 2 aliphatic rings. The Morgan fingerprint density at radius 1 is 1.21 bits per heavy atom. The number of aryl methyl sites for hydroxylation is 1. The molecule has 2 fully saturated rings. The Hall–Kier alpha value is -1.60. The SMILES string of the molecule is Cc1c(Cl)c(C(=O)NC2CCN([C@H]3CCN(C)C3=O)CC2)nn1C. The van der Waals surface area contributed by atoms with Crippen LogP contribution in [0.15, 0.2) is 0 Å². The summed E-state index contributed by atoms with van der Waals surface area (Å²) >= 11 is 6.17. The van der Waals surface area contributed by atoms with Crippen molar-refractivity contribution in [3.05, 3.63) is 16.4 Å². The first-order valence-corrected chi connectivity index (χ1v) is 8.75. The maximum absolute atomic E-state index is 12.4. The predicted octanol–water partition coefficient (Wildman–Crippen LogP) is 0.807. The Kier molecular flexibility index (Phi) is 4.83. The van der Waals surface area contributed by atoms with Crippen molar-refractivity contribution >= 4 is 23.4 Å². The molecule has 132 valence electrons. The highest BCUT2D eigenvalue weighted by Crippen LogP contribution is 2.22. The molecule has 0 aliphatic carbocycles. The zero-order chi connectivity index (χ0) is 17.4. The van der Waals surface area contributed by atoms with E-state index >= 15 is 0 Å². The van der Waals surface area contributed by atoms with E-state index in [1.54, 1.807) is 16.6 Å². The standard InChI is InChI=1S/C16H24ClN5O2/c1-10-13(17)14(19-21(10)3)15(23)18-11-4-8-22(9-5-11)12-6-7-20(2)16(12)24/h11-12H,4-9H2,1-3H3,(H,18,23)/t12-/m0/s1. The van der Waals surface area contributed by atoms with Crippen LogP contribution >= 0.6 is 11.6 Å². The molecule has 0 spiro atoms. The molecule has 24 heavy (non-hydrogen) atoms. The molecule has 7 nitrogen and oxygen atoms in total. The molecule has 0 radical (unpaired) electrons. The van der Waals surface area contributed by atoms with Gasteiger partial charge in [-0.25, -0.2) is 0 Å². The Morgan fingerprint density at radius 2 is 1.88 bits per heavy atom. The molecule has 3 rings (SSSR count). The lowest BCUT2D eigenvalue weighted by Crippen LogP contribution is -2.50. The van der Waals surface area contributed by atoms with Crippen LogP contribution in [-0.2, 0) is 11.8 Å². The smallest absolute Gasteiger partial charge is 0.273 e. The van der Waals surface area contributed by atoms with Gasteiger partial charge in [0, 0.05) is 39.8 Å². The summed E-state index contributed by atoms with van der Waals surface area (Å²) in [5, 5.41) is 7.62. The second-order valence-corrected chi connectivity index (χ2v) is 7.10. The lowest BCUT2D eigenvalue weighted by Gasteiger charge is -2.35. The molecule has 0 unspecified atom stereocenters. The first-order valence-electron chi connectivity index (χ1n) is 8.37. The van der Waals surface area contributed by atoms with Crippen molar-refractivity contribution in [2.45, 2.75) is 38.3 Å². The molecule has 1 atom stereocenters. The number of likely N-dealkylation sites (N-methyl/N-ethyl adjacent to an activating group) is 1. The minimum absolute atomic E-state index is 0.0135. The van der Waals surface area contributed by atoms with Gasteiger partial charge in [-0.2, -0.15) is 5.10 Å². The fourth-order valence-electron chi connectivity index (χ4n) is 3.48. The van der Waals surface area contributed by atoms with Gasteiger partial charge in [0.2, 0.25) is 5.91 Å². The van der Waals surface area contributed by atoms with E-state index in [1.165, 1.54) is 0 Å². The van der Waals surface area contributed by atoms with Gasteiger partial charge in [0.15, 0.2) is 5.69 Å². The highest BCUT2D eigenvalue weighted by molar-refractivity contribution is 6.34. The quantitative estimate of drug-likeness (QED) is 0.873. The molecular formula is C16H24ClN5O2. The van der Waals surface area contributed by atoms with E-state index in [0.29, 0.717) is 5.02 Å². The van der Waals surface area contributed by atoms with Gasteiger partial charge >= 0.3 is 0 Å². The number of rotatable bonds is 3. The zero-order valence-electron chi connectivity index (χ0n) is 14.4. The van der Waals surface area contributed by atoms with E-state index in [0.717, 1.165) is 44.6 Å². The Bertz CT molecular complexity index is 651. The van der Waals surface area contributed by atoms with Crippen LogP contribution in [0.5, 0.6) is 0 Å². The van der Waals surface area contributed by atoms with Gasteiger partial charge in [-0.1, -0.05) is 11.6 Å². The molecule has 3 heterocycles. The number of hydrogen-bond acceptors (Lipinski definition) is 4. The third kappa shape index (κ3) is 3.15. The zero-order valence-corrected chi connectivity index (χ0v) is 15.1. The summed E-state index contributed by atoms with van der Waals surface area (Å²) in [6.07, 6.45) is 2.57. The van der Waals surface area contributed by atoms with Crippen molar-refractivity contribution in [3.63, 3.8) is 0 Å². The molecule has 0 aromatic carbocycles. The van der Waals surface area contributed by atoms with Crippen LogP contribution in [0.3, 0.4) is 0 Å². The number of halogens is 1. The third-order valence-corrected chi connectivity index (χ3v) is 5.63. The summed E-state index contributed by atoms with van der Waals surface area (Å²) in [6.45, 7) is 4.31. The maximum Gasteiger partial charge on any atom is 0.273 e. The van der Waals surface area contributed by atoms with Gasteiger partial charge in [-0.05, 0) is 26.2 Å². The molecule has 8 heteroatoms. The van der Waals surface area contributed by atoms with Gasteiger partial charge in [0.05, 0.1) is 16.8 Å². The number of piperidine rings is 1. The Balaban J connectivity index is 1.55. The van der Waals surface area contributed by atoms with Crippen LogP contribution in [0.4, 0.5) is 0 Å². The van der Waals surface area contributed by atoms with Crippen molar-refractivity contribution in [1.82, 2.24) is 24.9 Å². The monoisotopic (exact) mass is 353 g/mol. The van der Waals surface area contributed by atoms with Crippen LogP contribution in [0, 0.1) is 6.92 Å². The van der Waals surface area contributed by atoms with Gasteiger partial charge in [0.1, 0.15) is 0 Å². The highest BCUT2D eigenvalue weighted by Gasteiger charge is 2.36. The van der Waals surface area contributed by atoms with E-state index in [-0.39, 0.29) is 29.6 Å². The van der Waals surface area contributed by atoms with E-state index in [1.807, 2.05) is 14.0 Å². The number of aromatic nitrogens is 2. The van der Waals surface area contributed by atoms with E-state index in [9.17, 15) is 9.59 Å². The van der Waals surface area contributed by atoms with Crippen LogP contribution in [0.1, 0.15) is 35.4 Å². The lowest BCUT2D eigenvalue weighted by atomic mass is 10.0. The summed E-state index contributed by atoms with van der Waals surface area (Å²) in [5.41, 5.74) is 1.06. The number of carbonyl (C=O) groups excluding carboxylic acids is 2. The fourth-order valence-corrected chi connectivity index (χ4v) is 3.73. The van der Waals surface area contributed by atoms with Crippen LogP contribution in [0.2, 0.25) is 5.02 Å². The molecular weight excluding hydrogens is 330 g/mol. The minimum atomic E-state index is -0.223. The maximum atomic E-state index is 12.4. The second-order valence-electron chi connectivity index (χ2n) is 6.72. The number of carbonyl (C=O) groups is 2. The van der Waals surface area contributed by atoms with Crippen molar-refractivity contribution in [2.75, 3.05) is 26.7 Å². The summed E-state index contributed by atoms with van der Waals surface area (Å²) in [7, 11) is 3.63. The molecule has 2 aliphatic heterocycles. The third-order valence-electron chi connectivity index (χ3n) is 5.18. The van der Waals surface area contributed by atoms with Gasteiger partial charge in [-0.3, -0.25) is 19.2 Å². The topological polar surface area (TPSA) is 70.5 Å². The molecule has 2 amide bonds. The van der Waals surface area contributed by atoms with Crippen molar-refractivity contribution < 1.29 is 9.59 Å². The summed E-state index contributed by atoms with van der Waals surface area (Å²) < 4.78 is 1.61. The number of nitrogens with zero attached hydrogens (tertiary/aromatic N) is 4. The second kappa shape index (κ2) is 6.72. The average molecular weight is 354 g/mol. The number of amides is 2. The highest BCUT2D eigenvalue weighted by atomic mass is 35.5. The number of hydrogen-bond donors (Lipinski definition) is 1. The summed E-state index contributed by atoms with van der Waals surface area (Å²) in [4.78, 5) is 28.5. The minimum Gasteiger partial charge on any atom is -0.348 e. The van der Waals surface area contributed by atoms with Crippen LogP contribution in [-0.4, -0.2) is 70.2 Å². The van der Waals surface area contributed by atoms with Crippen LogP contribution < -0.4 is 5.32 Å². The average Bonchev–Trinajstić information content (AvgIpc) is 3.03. The first-order chi connectivity index (χ1) is 11.4. The molecule has 2 saturated heterocycles. The van der Waals surface area contributed by atoms with Crippen molar-refractivity contribution in [1.29, 1.82) is 0 Å². The normalized spacial score (nSPS) is 23.1. The van der Waals surface area contributed by atoms with E-state index < -0.39 is 0 Å². The number of likely N-dealkylation sites (tertiary alicyclic amines) is 2. The van der Waals surface area contributed by atoms with Gasteiger partial charge in [-0.15, -0.1) is 0 Å². The van der Waals surface area contributed by atoms with E-state index in [4.69, 9.17) is 11.6 Å². The molecule has 0 bridgehead atoms. The molecule has 0 saturated carbocycles. The molecule has 1 aromatic rings. The molecule has 1 N–H and O–H groups in total. The van der Waals surface area contributed by atoms with Crippen LogP contribution in [0.25, 0.3) is 0 Å².